The number of carbonyl (C=O) groups is 1. The van der Waals surface area contributed by atoms with Crippen molar-refractivity contribution in [3.05, 3.63) is 28.2 Å². The highest BCUT2D eigenvalue weighted by Crippen LogP contribution is 2.23. The van der Waals surface area contributed by atoms with Crippen molar-refractivity contribution < 1.29 is 4.79 Å². The van der Waals surface area contributed by atoms with E-state index in [1.165, 1.54) is 4.90 Å². The van der Waals surface area contributed by atoms with Crippen LogP contribution < -0.4 is 5.32 Å². The molecule has 1 aromatic carbocycles. The van der Waals surface area contributed by atoms with Crippen molar-refractivity contribution in [1.82, 2.24) is 4.90 Å². The molecule has 0 aliphatic rings. The number of nitrogens with zero attached hydrogens (tertiary/aromatic N) is 2. The van der Waals surface area contributed by atoms with Crippen molar-refractivity contribution in [3.63, 3.8) is 0 Å². The molecule has 78 valence electrons. The fourth-order valence-corrected chi connectivity index (χ4v) is 1.39. The van der Waals surface area contributed by atoms with Crippen molar-refractivity contribution in [2.75, 3.05) is 19.4 Å². The maximum absolute atomic E-state index is 11.3. The van der Waals surface area contributed by atoms with Crippen LogP contribution in [0.1, 0.15) is 5.56 Å². The molecule has 0 aliphatic heterocycles. The Bertz CT molecular complexity index is 423. The van der Waals surface area contributed by atoms with Crippen molar-refractivity contribution in [3.8, 4) is 6.07 Å². The Morgan fingerprint density at radius 3 is 2.67 bits per heavy atom. The van der Waals surface area contributed by atoms with Crippen molar-refractivity contribution >= 4 is 27.6 Å². The van der Waals surface area contributed by atoms with Gasteiger partial charge in [-0.2, -0.15) is 5.26 Å². The number of halogens is 1. The Kier molecular flexibility index (Phi) is 3.69. The number of hydrogen-bond donors (Lipinski definition) is 1. The molecular weight excluding hydrogens is 258 g/mol. The van der Waals surface area contributed by atoms with Gasteiger partial charge in [0.25, 0.3) is 0 Å². The van der Waals surface area contributed by atoms with Crippen LogP contribution in [0, 0.1) is 11.3 Å². The van der Waals surface area contributed by atoms with Crippen LogP contribution in [-0.2, 0) is 0 Å². The number of benzene rings is 1. The third-order valence-corrected chi connectivity index (χ3v) is 2.40. The van der Waals surface area contributed by atoms with E-state index < -0.39 is 0 Å². The summed E-state index contributed by atoms with van der Waals surface area (Å²) < 4.78 is 0.691. The summed E-state index contributed by atoms with van der Waals surface area (Å²) in [5, 5.41) is 11.3. The van der Waals surface area contributed by atoms with Gasteiger partial charge in [-0.15, -0.1) is 0 Å². The predicted octanol–water partition coefficient (Wildman–Crippen LogP) is 2.41. The first-order chi connectivity index (χ1) is 7.04. The predicted molar refractivity (Wildman–Crippen MR) is 61.6 cm³/mol. The monoisotopic (exact) mass is 267 g/mol. The van der Waals surface area contributed by atoms with E-state index in [9.17, 15) is 4.79 Å². The van der Waals surface area contributed by atoms with Gasteiger partial charge >= 0.3 is 6.03 Å². The summed E-state index contributed by atoms with van der Waals surface area (Å²) in [6.07, 6.45) is 0. The van der Waals surface area contributed by atoms with Crippen molar-refractivity contribution in [2.45, 2.75) is 0 Å². The average Bonchev–Trinajstić information content (AvgIpc) is 2.20. The molecule has 4 nitrogen and oxygen atoms in total. The molecular formula is C10H10BrN3O. The molecule has 5 heteroatoms. The summed E-state index contributed by atoms with van der Waals surface area (Å²) in [7, 11) is 3.32. The van der Waals surface area contributed by atoms with Gasteiger partial charge in [-0.25, -0.2) is 4.79 Å². The quantitative estimate of drug-likeness (QED) is 0.850. The van der Waals surface area contributed by atoms with Crippen LogP contribution >= 0.6 is 15.9 Å². The smallest absolute Gasteiger partial charge is 0.321 e. The van der Waals surface area contributed by atoms with Gasteiger partial charge < -0.3 is 10.2 Å². The summed E-state index contributed by atoms with van der Waals surface area (Å²) in [5.41, 5.74) is 1.19. The number of anilines is 1. The normalized spacial score (nSPS) is 9.20. The number of urea groups is 1. The van der Waals surface area contributed by atoms with Gasteiger partial charge in [0.1, 0.15) is 0 Å². The SMILES string of the molecule is CN(C)C(=O)Nc1ccc(C#N)cc1Br. The molecule has 0 aromatic heterocycles. The average molecular weight is 268 g/mol. The zero-order valence-electron chi connectivity index (χ0n) is 8.41. The molecule has 0 radical (unpaired) electrons. The lowest BCUT2D eigenvalue weighted by Gasteiger charge is -2.12. The Morgan fingerprint density at radius 1 is 1.53 bits per heavy atom. The number of nitrogens with one attached hydrogen (secondary N) is 1. The lowest BCUT2D eigenvalue weighted by atomic mass is 10.2. The summed E-state index contributed by atoms with van der Waals surface area (Å²) in [4.78, 5) is 12.8. The van der Waals surface area contributed by atoms with Gasteiger partial charge in [-0.05, 0) is 34.1 Å². The highest BCUT2D eigenvalue weighted by atomic mass is 79.9. The largest absolute Gasteiger partial charge is 0.331 e. The zero-order valence-corrected chi connectivity index (χ0v) is 10.00. The zero-order chi connectivity index (χ0) is 11.4. The third-order valence-electron chi connectivity index (χ3n) is 1.75. The fourth-order valence-electron chi connectivity index (χ4n) is 0.913. The van der Waals surface area contributed by atoms with Crippen LogP contribution in [0.25, 0.3) is 0 Å². The minimum absolute atomic E-state index is 0.208. The number of nitriles is 1. The highest BCUT2D eigenvalue weighted by molar-refractivity contribution is 9.10. The Morgan fingerprint density at radius 2 is 2.20 bits per heavy atom. The van der Waals surface area contributed by atoms with Gasteiger partial charge in [0.05, 0.1) is 17.3 Å². The molecule has 0 saturated carbocycles. The first kappa shape index (κ1) is 11.5. The molecule has 1 rings (SSSR count). The molecule has 2 amide bonds. The molecule has 0 saturated heterocycles. The van der Waals surface area contributed by atoms with Crippen LogP contribution in [0.5, 0.6) is 0 Å². The lowest BCUT2D eigenvalue weighted by Crippen LogP contribution is -2.27. The summed E-state index contributed by atoms with van der Waals surface area (Å²) >= 11 is 3.28. The molecule has 0 aliphatic carbocycles. The van der Waals surface area contributed by atoms with E-state index in [-0.39, 0.29) is 6.03 Å². The van der Waals surface area contributed by atoms with Crippen LogP contribution in [0.3, 0.4) is 0 Å². The van der Waals surface area contributed by atoms with Crippen molar-refractivity contribution in [1.29, 1.82) is 5.26 Å². The summed E-state index contributed by atoms with van der Waals surface area (Å²) in [6.45, 7) is 0. The lowest BCUT2D eigenvalue weighted by molar-refractivity contribution is 0.230. The summed E-state index contributed by atoms with van der Waals surface area (Å²) in [5.74, 6) is 0. The molecule has 0 bridgehead atoms. The number of amides is 2. The van der Waals surface area contributed by atoms with E-state index in [4.69, 9.17) is 5.26 Å². The second-order valence-electron chi connectivity index (χ2n) is 3.13. The van der Waals surface area contributed by atoms with E-state index in [0.29, 0.717) is 15.7 Å². The minimum atomic E-state index is -0.208. The molecule has 0 heterocycles. The van der Waals surface area contributed by atoms with E-state index in [0.717, 1.165) is 0 Å². The van der Waals surface area contributed by atoms with Gasteiger partial charge in [0, 0.05) is 18.6 Å². The van der Waals surface area contributed by atoms with Gasteiger partial charge in [0.15, 0.2) is 0 Å². The molecule has 0 atom stereocenters. The van der Waals surface area contributed by atoms with Crippen LogP contribution in [0.4, 0.5) is 10.5 Å². The van der Waals surface area contributed by atoms with Crippen LogP contribution in [0.2, 0.25) is 0 Å². The maximum atomic E-state index is 11.3. The van der Waals surface area contributed by atoms with Gasteiger partial charge in [0.2, 0.25) is 0 Å². The van der Waals surface area contributed by atoms with E-state index in [1.54, 1.807) is 32.3 Å². The first-order valence-electron chi connectivity index (χ1n) is 4.22. The fraction of sp³-hybridized carbons (Fsp3) is 0.200. The van der Waals surface area contributed by atoms with Gasteiger partial charge in [-0.3, -0.25) is 0 Å². The third kappa shape index (κ3) is 2.96. The second-order valence-corrected chi connectivity index (χ2v) is 3.99. The standard InChI is InChI=1S/C10H10BrN3O/c1-14(2)10(15)13-9-4-3-7(6-12)5-8(9)11/h3-5H,1-2H3,(H,13,15). The molecule has 1 N–H and O–H groups in total. The number of hydrogen-bond acceptors (Lipinski definition) is 2. The second kappa shape index (κ2) is 4.80. The molecule has 0 spiro atoms. The molecule has 0 fully saturated rings. The van der Waals surface area contributed by atoms with Crippen LogP contribution in [0.15, 0.2) is 22.7 Å². The Balaban J connectivity index is 2.89. The first-order valence-corrected chi connectivity index (χ1v) is 5.02. The Hall–Kier alpha value is -1.54. The topological polar surface area (TPSA) is 56.1 Å². The van der Waals surface area contributed by atoms with E-state index in [1.807, 2.05) is 6.07 Å². The maximum Gasteiger partial charge on any atom is 0.321 e. The molecule has 0 unspecified atom stereocenters. The number of rotatable bonds is 1. The summed E-state index contributed by atoms with van der Waals surface area (Å²) in [6, 6.07) is 6.80. The Labute approximate surface area is 96.6 Å². The van der Waals surface area contributed by atoms with Crippen LogP contribution in [-0.4, -0.2) is 25.0 Å². The van der Waals surface area contributed by atoms with E-state index >= 15 is 0 Å². The van der Waals surface area contributed by atoms with Gasteiger partial charge in [-0.1, -0.05) is 0 Å². The minimum Gasteiger partial charge on any atom is -0.331 e. The number of carbonyl (C=O) groups excluding carboxylic acids is 1. The molecule has 1 aromatic rings. The highest BCUT2D eigenvalue weighted by Gasteiger charge is 2.07. The van der Waals surface area contributed by atoms with Crippen molar-refractivity contribution in [2.24, 2.45) is 0 Å². The molecule has 15 heavy (non-hydrogen) atoms. The van der Waals surface area contributed by atoms with E-state index in [2.05, 4.69) is 21.2 Å².